The van der Waals surface area contributed by atoms with E-state index < -0.39 is 0 Å². The summed E-state index contributed by atoms with van der Waals surface area (Å²) in [6, 6.07) is 9.75. The maximum atomic E-state index is 9.40. The van der Waals surface area contributed by atoms with E-state index in [2.05, 4.69) is 15.5 Å². The first kappa shape index (κ1) is 12.6. The van der Waals surface area contributed by atoms with Gasteiger partial charge >= 0.3 is 6.01 Å². The minimum absolute atomic E-state index is 0.0383. The average molecular weight is 247 g/mol. The van der Waals surface area contributed by atoms with Crippen molar-refractivity contribution in [2.24, 2.45) is 0 Å². The first-order valence-corrected chi connectivity index (χ1v) is 5.96. The molecule has 0 amide bonds. The Morgan fingerprint density at radius 2 is 2.00 bits per heavy atom. The number of aromatic nitrogens is 2. The van der Waals surface area contributed by atoms with Gasteiger partial charge in [0.1, 0.15) is 0 Å². The van der Waals surface area contributed by atoms with Crippen LogP contribution in [0.15, 0.2) is 34.9 Å². The molecule has 18 heavy (non-hydrogen) atoms. The number of hydrogen-bond acceptors (Lipinski definition) is 5. The van der Waals surface area contributed by atoms with Gasteiger partial charge in [0.25, 0.3) is 0 Å². The van der Waals surface area contributed by atoms with Gasteiger partial charge in [-0.1, -0.05) is 49.3 Å². The summed E-state index contributed by atoms with van der Waals surface area (Å²) in [7, 11) is 0. The summed E-state index contributed by atoms with van der Waals surface area (Å²) >= 11 is 0. The third-order valence-corrected chi connectivity index (χ3v) is 2.64. The average Bonchev–Trinajstić information content (AvgIpc) is 2.86. The quantitative estimate of drug-likeness (QED) is 0.848. The number of hydrogen-bond donors (Lipinski definition) is 2. The molecule has 1 unspecified atom stereocenters. The fraction of sp³-hybridized carbons (Fsp3) is 0.385. The Bertz CT molecular complexity index is 482. The lowest BCUT2D eigenvalue weighted by molar-refractivity contribution is 0.273. The van der Waals surface area contributed by atoms with Gasteiger partial charge in [-0.25, -0.2) is 0 Å². The van der Waals surface area contributed by atoms with Crippen LogP contribution in [0, 0.1) is 0 Å². The highest BCUT2D eigenvalue weighted by atomic mass is 16.5. The molecule has 1 heterocycles. The predicted molar refractivity (Wildman–Crippen MR) is 68.3 cm³/mol. The van der Waals surface area contributed by atoms with E-state index in [0.29, 0.717) is 11.8 Å². The molecule has 5 heteroatoms. The van der Waals surface area contributed by atoms with Crippen molar-refractivity contribution in [2.45, 2.75) is 25.8 Å². The summed E-state index contributed by atoms with van der Waals surface area (Å²) < 4.78 is 5.10. The van der Waals surface area contributed by atoms with Crippen LogP contribution in [-0.2, 0) is 0 Å². The zero-order valence-corrected chi connectivity index (χ0v) is 10.5. The fourth-order valence-corrected chi connectivity index (χ4v) is 1.60. The maximum Gasteiger partial charge on any atom is 0.322 e. The van der Waals surface area contributed by atoms with Crippen LogP contribution >= 0.6 is 0 Å². The molecule has 0 spiro atoms. The second kappa shape index (κ2) is 5.64. The Hall–Kier alpha value is -1.88. The summed E-state index contributed by atoms with van der Waals surface area (Å²) in [5.74, 6) is 0.871. The van der Waals surface area contributed by atoms with Crippen LogP contribution < -0.4 is 5.32 Å². The number of nitrogens with one attached hydrogen (secondary N) is 1. The first-order chi connectivity index (χ1) is 8.70. The smallest absolute Gasteiger partial charge is 0.322 e. The van der Waals surface area contributed by atoms with Crippen molar-refractivity contribution in [2.75, 3.05) is 11.9 Å². The summed E-state index contributed by atoms with van der Waals surface area (Å²) in [5.41, 5.74) is 0.976. The second-order valence-corrected chi connectivity index (χ2v) is 4.40. The largest absolute Gasteiger partial charge is 0.394 e. The molecule has 5 nitrogen and oxygen atoms in total. The molecule has 1 aromatic carbocycles. The van der Waals surface area contributed by atoms with Crippen molar-refractivity contribution in [3.05, 3.63) is 41.7 Å². The summed E-state index contributed by atoms with van der Waals surface area (Å²) in [6.45, 7) is 3.95. The van der Waals surface area contributed by atoms with E-state index in [4.69, 9.17) is 4.52 Å². The van der Waals surface area contributed by atoms with Crippen molar-refractivity contribution >= 4 is 6.01 Å². The van der Waals surface area contributed by atoms with E-state index in [9.17, 15) is 5.11 Å². The molecule has 0 aliphatic carbocycles. The van der Waals surface area contributed by atoms with Crippen molar-refractivity contribution in [3.8, 4) is 0 Å². The van der Waals surface area contributed by atoms with Crippen LogP contribution in [0.5, 0.6) is 0 Å². The van der Waals surface area contributed by atoms with Gasteiger partial charge in [0.2, 0.25) is 0 Å². The lowest BCUT2D eigenvalue weighted by atomic mass is 10.1. The van der Waals surface area contributed by atoms with Gasteiger partial charge in [0.05, 0.1) is 12.6 Å². The van der Waals surface area contributed by atoms with Crippen LogP contribution in [0.3, 0.4) is 0 Å². The number of aliphatic hydroxyl groups excluding tert-OH is 1. The topological polar surface area (TPSA) is 71.2 Å². The molecule has 0 bridgehead atoms. The van der Waals surface area contributed by atoms with Crippen LogP contribution in [0.2, 0.25) is 0 Å². The van der Waals surface area contributed by atoms with Gasteiger partial charge < -0.3 is 14.9 Å². The van der Waals surface area contributed by atoms with E-state index in [1.807, 2.05) is 44.2 Å². The summed E-state index contributed by atoms with van der Waals surface area (Å²) in [6.07, 6.45) is 0. The highest BCUT2D eigenvalue weighted by molar-refractivity contribution is 5.29. The molecule has 1 atom stereocenters. The zero-order chi connectivity index (χ0) is 13.0. The van der Waals surface area contributed by atoms with Crippen molar-refractivity contribution in [1.82, 2.24) is 10.1 Å². The lowest BCUT2D eigenvalue weighted by Gasteiger charge is -2.14. The maximum absolute atomic E-state index is 9.40. The Balaban J connectivity index is 2.10. The lowest BCUT2D eigenvalue weighted by Crippen LogP contribution is -2.14. The van der Waals surface area contributed by atoms with Gasteiger partial charge in [-0.2, -0.15) is 4.98 Å². The number of rotatable bonds is 5. The van der Waals surface area contributed by atoms with E-state index >= 15 is 0 Å². The third kappa shape index (κ3) is 2.87. The number of anilines is 1. The predicted octanol–water partition coefficient (Wildman–Crippen LogP) is 2.34. The summed E-state index contributed by atoms with van der Waals surface area (Å²) in [4.78, 5) is 4.22. The minimum Gasteiger partial charge on any atom is -0.394 e. The second-order valence-electron chi connectivity index (χ2n) is 4.40. The van der Waals surface area contributed by atoms with Crippen LogP contribution in [0.25, 0.3) is 0 Å². The molecule has 0 fully saturated rings. The Kier molecular flexibility index (Phi) is 3.94. The number of aliphatic hydroxyl groups is 1. The molecule has 0 aliphatic heterocycles. The molecule has 0 saturated heterocycles. The molecule has 1 aromatic heterocycles. The molecule has 0 saturated carbocycles. The van der Waals surface area contributed by atoms with Crippen LogP contribution in [0.4, 0.5) is 6.01 Å². The monoisotopic (exact) mass is 247 g/mol. The van der Waals surface area contributed by atoms with Gasteiger partial charge in [-0.3, -0.25) is 0 Å². The molecular weight excluding hydrogens is 230 g/mol. The van der Waals surface area contributed by atoms with Crippen LogP contribution in [0.1, 0.15) is 37.2 Å². The Morgan fingerprint density at radius 1 is 1.28 bits per heavy atom. The molecule has 2 rings (SSSR count). The Morgan fingerprint density at radius 3 is 2.56 bits per heavy atom. The van der Waals surface area contributed by atoms with Crippen molar-refractivity contribution < 1.29 is 9.63 Å². The SMILES string of the molecule is CC(C)c1noc(NC(CO)c2ccccc2)n1. The molecule has 96 valence electrons. The third-order valence-electron chi connectivity index (χ3n) is 2.64. The van der Waals surface area contributed by atoms with Crippen LogP contribution in [-0.4, -0.2) is 21.9 Å². The normalized spacial score (nSPS) is 12.7. The van der Waals surface area contributed by atoms with E-state index in [0.717, 1.165) is 5.56 Å². The van der Waals surface area contributed by atoms with Gasteiger partial charge in [0.15, 0.2) is 5.82 Å². The van der Waals surface area contributed by atoms with Gasteiger partial charge in [-0.05, 0) is 5.56 Å². The van der Waals surface area contributed by atoms with Crippen molar-refractivity contribution in [3.63, 3.8) is 0 Å². The fourth-order valence-electron chi connectivity index (χ4n) is 1.60. The number of nitrogens with zero attached hydrogens (tertiary/aromatic N) is 2. The molecule has 0 aliphatic rings. The summed E-state index contributed by atoms with van der Waals surface area (Å²) in [5, 5.41) is 16.3. The molecule has 2 N–H and O–H groups in total. The van der Waals surface area contributed by atoms with Gasteiger partial charge in [-0.15, -0.1) is 0 Å². The highest BCUT2D eigenvalue weighted by Crippen LogP contribution is 2.19. The zero-order valence-electron chi connectivity index (χ0n) is 10.5. The number of benzene rings is 1. The van der Waals surface area contributed by atoms with E-state index in [1.165, 1.54) is 0 Å². The van der Waals surface area contributed by atoms with E-state index in [1.54, 1.807) is 0 Å². The van der Waals surface area contributed by atoms with Crippen molar-refractivity contribution in [1.29, 1.82) is 0 Å². The Labute approximate surface area is 106 Å². The molecular formula is C13H17N3O2. The molecule has 2 aromatic rings. The first-order valence-electron chi connectivity index (χ1n) is 5.96. The van der Waals surface area contributed by atoms with E-state index in [-0.39, 0.29) is 18.6 Å². The minimum atomic E-state index is -0.244. The highest BCUT2D eigenvalue weighted by Gasteiger charge is 2.15. The standard InChI is InChI=1S/C13H17N3O2/c1-9(2)12-15-13(18-16-12)14-11(8-17)10-6-4-3-5-7-10/h3-7,9,11,17H,8H2,1-2H3,(H,14,15,16). The molecule has 0 radical (unpaired) electrons. The van der Waals surface area contributed by atoms with Gasteiger partial charge in [0, 0.05) is 5.92 Å².